The number of halogens is 2. The van der Waals surface area contributed by atoms with E-state index in [1.54, 1.807) is 31.4 Å². The van der Waals surface area contributed by atoms with Crippen LogP contribution in [0.2, 0.25) is 0 Å². The van der Waals surface area contributed by atoms with Crippen molar-refractivity contribution in [2.75, 3.05) is 17.7 Å². The molecular formula is C19H15F2N3O2. The van der Waals surface area contributed by atoms with Gasteiger partial charge in [0.05, 0.1) is 18.4 Å². The van der Waals surface area contributed by atoms with Crippen molar-refractivity contribution < 1.29 is 18.3 Å². The summed E-state index contributed by atoms with van der Waals surface area (Å²) in [7, 11) is 1.59. The molecule has 0 aliphatic rings. The minimum Gasteiger partial charge on any atom is -0.497 e. The fourth-order valence-corrected chi connectivity index (χ4v) is 2.21. The SMILES string of the molecule is COc1ccc(Nc2ccc(C(=O)Nc3ccc(F)cc3F)cn2)cc1. The minimum absolute atomic E-state index is 0.100. The Morgan fingerprint density at radius 1 is 1.04 bits per heavy atom. The van der Waals surface area contributed by atoms with Crippen LogP contribution < -0.4 is 15.4 Å². The van der Waals surface area contributed by atoms with Crippen LogP contribution in [0.3, 0.4) is 0 Å². The van der Waals surface area contributed by atoms with Crippen molar-refractivity contribution in [1.82, 2.24) is 4.98 Å². The number of hydrogen-bond donors (Lipinski definition) is 2. The van der Waals surface area contributed by atoms with Gasteiger partial charge < -0.3 is 15.4 Å². The van der Waals surface area contributed by atoms with Crippen LogP contribution in [-0.4, -0.2) is 18.0 Å². The molecule has 3 aromatic rings. The maximum Gasteiger partial charge on any atom is 0.257 e. The highest BCUT2D eigenvalue weighted by atomic mass is 19.1. The molecule has 26 heavy (non-hydrogen) atoms. The average molecular weight is 355 g/mol. The van der Waals surface area contributed by atoms with Crippen molar-refractivity contribution in [3.63, 3.8) is 0 Å². The molecule has 2 aromatic carbocycles. The molecule has 0 aliphatic heterocycles. The highest BCUT2D eigenvalue weighted by Gasteiger charge is 2.10. The molecule has 132 valence electrons. The number of carbonyl (C=O) groups is 1. The maximum atomic E-state index is 13.6. The number of amides is 1. The number of anilines is 3. The van der Waals surface area contributed by atoms with Crippen LogP contribution >= 0.6 is 0 Å². The summed E-state index contributed by atoms with van der Waals surface area (Å²) >= 11 is 0. The highest BCUT2D eigenvalue weighted by Crippen LogP contribution is 2.19. The van der Waals surface area contributed by atoms with Gasteiger partial charge in [0.1, 0.15) is 23.2 Å². The van der Waals surface area contributed by atoms with E-state index in [2.05, 4.69) is 15.6 Å². The zero-order valence-electron chi connectivity index (χ0n) is 13.8. The van der Waals surface area contributed by atoms with Crippen molar-refractivity contribution in [2.45, 2.75) is 0 Å². The van der Waals surface area contributed by atoms with E-state index < -0.39 is 17.5 Å². The standard InChI is InChI=1S/C19H15F2N3O2/c1-26-15-6-4-14(5-7-15)23-18-9-2-12(11-22-18)19(25)24-17-8-3-13(20)10-16(17)21/h2-11H,1H3,(H,22,23)(H,24,25). The number of methoxy groups -OCH3 is 1. The van der Waals surface area contributed by atoms with E-state index in [-0.39, 0.29) is 11.3 Å². The molecule has 0 atom stereocenters. The lowest BCUT2D eigenvalue weighted by Gasteiger charge is -2.08. The van der Waals surface area contributed by atoms with Crippen molar-refractivity contribution in [2.24, 2.45) is 0 Å². The topological polar surface area (TPSA) is 63.2 Å². The van der Waals surface area contributed by atoms with Crippen LogP contribution in [0, 0.1) is 11.6 Å². The van der Waals surface area contributed by atoms with Crippen molar-refractivity contribution >= 4 is 23.1 Å². The summed E-state index contributed by atoms with van der Waals surface area (Å²) in [5, 5.41) is 5.47. The van der Waals surface area contributed by atoms with Crippen LogP contribution in [0.5, 0.6) is 5.75 Å². The van der Waals surface area contributed by atoms with Crippen LogP contribution in [0.1, 0.15) is 10.4 Å². The number of carbonyl (C=O) groups excluding carboxylic acids is 1. The van der Waals surface area contributed by atoms with E-state index >= 15 is 0 Å². The van der Waals surface area contributed by atoms with Gasteiger partial charge in [0.15, 0.2) is 0 Å². The number of hydrogen-bond acceptors (Lipinski definition) is 4. The van der Waals surface area contributed by atoms with E-state index in [1.807, 2.05) is 12.1 Å². The fraction of sp³-hybridized carbons (Fsp3) is 0.0526. The summed E-state index contributed by atoms with van der Waals surface area (Å²) in [6, 6.07) is 13.4. The molecule has 1 amide bonds. The number of ether oxygens (including phenoxy) is 1. The lowest BCUT2D eigenvalue weighted by Crippen LogP contribution is -2.13. The van der Waals surface area contributed by atoms with Gasteiger partial charge in [-0.2, -0.15) is 0 Å². The normalized spacial score (nSPS) is 10.3. The molecule has 0 aliphatic carbocycles. The summed E-state index contributed by atoms with van der Waals surface area (Å²) in [6.45, 7) is 0. The maximum absolute atomic E-state index is 13.6. The van der Waals surface area contributed by atoms with E-state index in [9.17, 15) is 13.6 Å². The quantitative estimate of drug-likeness (QED) is 0.714. The number of nitrogens with zero attached hydrogens (tertiary/aromatic N) is 1. The second-order valence-electron chi connectivity index (χ2n) is 5.36. The van der Waals surface area contributed by atoms with Gasteiger partial charge in [0.25, 0.3) is 5.91 Å². The number of rotatable bonds is 5. The molecule has 7 heteroatoms. The third kappa shape index (κ3) is 4.13. The minimum atomic E-state index is -0.843. The molecule has 0 radical (unpaired) electrons. The Labute approximate surface area is 148 Å². The van der Waals surface area contributed by atoms with Gasteiger partial charge in [-0.15, -0.1) is 0 Å². The second-order valence-corrected chi connectivity index (χ2v) is 5.36. The third-order valence-corrected chi connectivity index (χ3v) is 3.57. The fourth-order valence-electron chi connectivity index (χ4n) is 2.21. The molecule has 0 saturated heterocycles. The predicted molar refractivity (Wildman–Crippen MR) is 94.8 cm³/mol. The average Bonchev–Trinajstić information content (AvgIpc) is 2.65. The molecule has 1 aromatic heterocycles. The van der Waals surface area contributed by atoms with Gasteiger partial charge in [-0.3, -0.25) is 4.79 Å². The zero-order chi connectivity index (χ0) is 18.5. The van der Waals surface area contributed by atoms with Crippen LogP contribution in [0.4, 0.5) is 26.0 Å². The molecular weight excluding hydrogens is 340 g/mol. The summed E-state index contributed by atoms with van der Waals surface area (Å²) in [5.41, 5.74) is 0.953. The Morgan fingerprint density at radius 2 is 1.81 bits per heavy atom. The van der Waals surface area contributed by atoms with Gasteiger partial charge in [-0.05, 0) is 48.5 Å². The molecule has 0 unspecified atom stereocenters. The first-order valence-corrected chi connectivity index (χ1v) is 7.69. The van der Waals surface area contributed by atoms with Gasteiger partial charge in [-0.25, -0.2) is 13.8 Å². The summed E-state index contributed by atoms with van der Waals surface area (Å²) in [4.78, 5) is 16.3. The lowest BCUT2D eigenvalue weighted by molar-refractivity contribution is 0.102. The number of pyridine rings is 1. The monoisotopic (exact) mass is 355 g/mol. The van der Waals surface area contributed by atoms with E-state index in [0.29, 0.717) is 11.9 Å². The molecule has 0 fully saturated rings. The van der Waals surface area contributed by atoms with E-state index in [0.717, 1.165) is 23.6 Å². The molecule has 0 bridgehead atoms. The van der Waals surface area contributed by atoms with Crippen molar-refractivity contribution in [3.8, 4) is 5.75 Å². The molecule has 1 heterocycles. The van der Waals surface area contributed by atoms with Crippen molar-refractivity contribution in [3.05, 3.63) is 78.0 Å². The first-order valence-electron chi connectivity index (χ1n) is 7.69. The van der Waals surface area contributed by atoms with Crippen molar-refractivity contribution in [1.29, 1.82) is 0 Å². The Morgan fingerprint density at radius 3 is 2.42 bits per heavy atom. The predicted octanol–water partition coefficient (Wildman–Crippen LogP) is 4.36. The smallest absolute Gasteiger partial charge is 0.257 e. The highest BCUT2D eigenvalue weighted by molar-refractivity contribution is 6.04. The van der Waals surface area contributed by atoms with E-state index in [4.69, 9.17) is 4.74 Å². The summed E-state index contributed by atoms with van der Waals surface area (Å²) in [5.74, 6) is -0.817. The zero-order valence-corrected chi connectivity index (χ0v) is 13.8. The second kappa shape index (κ2) is 7.60. The van der Waals surface area contributed by atoms with Gasteiger partial charge in [0.2, 0.25) is 0 Å². The number of aromatic nitrogens is 1. The Bertz CT molecular complexity index is 913. The lowest BCUT2D eigenvalue weighted by atomic mass is 10.2. The van der Waals surface area contributed by atoms with Crippen LogP contribution in [-0.2, 0) is 0 Å². The first-order chi connectivity index (χ1) is 12.5. The molecule has 5 nitrogen and oxygen atoms in total. The Kier molecular flexibility index (Phi) is 5.07. The Hall–Kier alpha value is -3.48. The van der Waals surface area contributed by atoms with E-state index in [1.165, 1.54) is 6.20 Å². The number of benzene rings is 2. The summed E-state index contributed by atoms with van der Waals surface area (Å²) < 4.78 is 31.6. The van der Waals surface area contributed by atoms with Gasteiger partial charge >= 0.3 is 0 Å². The first kappa shape index (κ1) is 17.3. The molecule has 0 spiro atoms. The van der Waals surface area contributed by atoms with Crippen LogP contribution in [0.15, 0.2) is 60.8 Å². The number of nitrogens with one attached hydrogen (secondary N) is 2. The largest absolute Gasteiger partial charge is 0.497 e. The summed E-state index contributed by atoms with van der Waals surface area (Å²) in [6.07, 6.45) is 1.36. The van der Waals surface area contributed by atoms with Gasteiger partial charge in [-0.1, -0.05) is 0 Å². The third-order valence-electron chi connectivity index (χ3n) is 3.57. The molecule has 3 rings (SSSR count). The Balaban J connectivity index is 1.67. The van der Waals surface area contributed by atoms with Crippen LogP contribution in [0.25, 0.3) is 0 Å². The van der Waals surface area contributed by atoms with Gasteiger partial charge in [0, 0.05) is 18.0 Å². The molecule has 0 saturated carbocycles. The molecule has 2 N–H and O–H groups in total.